The summed E-state index contributed by atoms with van der Waals surface area (Å²) in [6.45, 7) is 0. The van der Waals surface area contributed by atoms with E-state index in [0.717, 1.165) is 12.1 Å². The van der Waals surface area contributed by atoms with E-state index in [2.05, 4.69) is 4.98 Å². The van der Waals surface area contributed by atoms with E-state index in [1.54, 1.807) is 12.1 Å². The molecule has 1 aromatic carbocycles. The highest BCUT2D eigenvalue weighted by Gasteiger charge is 2.17. The molecular weight excluding hydrogens is 240 g/mol. The van der Waals surface area contributed by atoms with Crippen LogP contribution in [0.4, 0.5) is 8.78 Å². The van der Waals surface area contributed by atoms with Gasteiger partial charge in [-0.3, -0.25) is 9.78 Å². The minimum atomic E-state index is -2.83. The molecule has 0 spiro atoms. The van der Waals surface area contributed by atoms with Gasteiger partial charge in [-0.25, -0.2) is 8.78 Å². The van der Waals surface area contributed by atoms with Gasteiger partial charge in [-0.15, -0.1) is 0 Å². The molecule has 1 N–H and O–H groups in total. The van der Waals surface area contributed by atoms with E-state index in [4.69, 9.17) is 0 Å². The smallest absolute Gasteiger partial charge is 0.267 e. The third kappa shape index (κ3) is 2.34. The molecule has 0 aliphatic rings. The van der Waals surface area contributed by atoms with Crippen LogP contribution in [0, 0.1) is 0 Å². The fraction of sp³-hybridized carbons (Fsp3) is 0.0769. The van der Waals surface area contributed by atoms with Gasteiger partial charge in [0, 0.05) is 11.8 Å². The number of aromatic hydroxyl groups is 1. The topological polar surface area (TPSA) is 50.2 Å². The van der Waals surface area contributed by atoms with Gasteiger partial charge in [-0.2, -0.15) is 0 Å². The zero-order valence-corrected chi connectivity index (χ0v) is 9.18. The van der Waals surface area contributed by atoms with Crippen LogP contribution in [0.2, 0.25) is 0 Å². The third-order valence-corrected chi connectivity index (χ3v) is 2.42. The Morgan fingerprint density at radius 3 is 2.61 bits per heavy atom. The number of carbonyl (C=O) groups is 1. The van der Waals surface area contributed by atoms with Crippen molar-refractivity contribution in [1.82, 2.24) is 4.98 Å². The standard InChI is InChI=1S/C13H9F2NO2/c14-13(15)9-7-8(4-5-11(9)17)12(18)10-3-1-2-6-16-10/h1-7,13,17H. The summed E-state index contributed by atoms with van der Waals surface area (Å²) in [5.74, 6) is -0.986. The summed E-state index contributed by atoms with van der Waals surface area (Å²) in [7, 11) is 0. The number of phenols is 1. The van der Waals surface area contributed by atoms with Gasteiger partial charge in [0.15, 0.2) is 0 Å². The SMILES string of the molecule is O=C(c1ccc(O)c(C(F)F)c1)c1ccccn1. The van der Waals surface area contributed by atoms with Gasteiger partial charge >= 0.3 is 0 Å². The van der Waals surface area contributed by atoms with E-state index in [1.165, 1.54) is 18.3 Å². The number of hydrogen-bond acceptors (Lipinski definition) is 3. The number of ketones is 1. The number of phenolic OH excluding ortho intramolecular Hbond substituents is 1. The number of aromatic nitrogens is 1. The van der Waals surface area contributed by atoms with Crippen molar-refractivity contribution in [2.75, 3.05) is 0 Å². The minimum absolute atomic E-state index is 0.0711. The van der Waals surface area contributed by atoms with E-state index >= 15 is 0 Å². The summed E-state index contributed by atoms with van der Waals surface area (Å²) >= 11 is 0. The molecule has 0 radical (unpaired) electrons. The molecule has 0 saturated heterocycles. The second-order valence-electron chi connectivity index (χ2n) is 3.62. The van der Waals surface area contributed by atoms with E-state index in [9.17, 15) is 18.7 Å². The quantitative estimate of drug-likeness (QED) is 0.851. The highest BCUT2D eigenvalue weighted by atomic mass is 19.3. The first kappa shape index (κ1) is 12.2. The van der Waals surface area contributed by atoms with E-state index in [-0.39, 0.29) is 11.3 Å². The number of rotatable bonds is 3. The molecule has 1 heterocycles. The zero-order valence-electron chi connectivity index (χ0n) is 9.18. The van der Waals surface area contributed by atoms with Gasteiger partial charge < -0.3 is 5.11 Å². The third-order valence-electron chi connectivity index (χ3n) is 2.42. The van der Waals surface area contributed by atoms with Crippen LogP contribution in [0.3, 0.4) is 0 Å². The van der Waals surface area contributed by atoms with Gasteiger partial charge in [-0.1, -0.05) is 6.07 Å². The number of halogens is 2. The van der Waals surface area contributed by atoms with Gasteiger partial charge in [-0.05, 0) is 30.3 Å². The number of nitrogens with zero attached hydrogens (tertiary/aromatic N) is 1. The average Bonchev–Trinajstić information content (AvgIpc) is 2.39. The summed E-state index contributed by atoms with van der Waals surface area (Å²) in [6, 6.07) is 8.14. The number of benzene rings is 1. The summed E-state index contributed by atoms with van der Waals surface area (Å²) in [5.41, 5.74) is -0.318. The molecule has 0 bridgehead atoms. The van der Waals surface area contributed by atoms with Gasteiger partial charge in [0.1, 0.15) is 11.4 Å². The molecule has 0 amide bonds. The predicted octanol–water partition coefficient (Wildman–Crippen LogP) is 2.96. The van der Waals surface area contributed by atoms with Crippen molar-refractivity contribution < 1.29 is 18.7 Å². The molecule has 18 heavy (non-hydrogen) atoms. The molecule has 2 rings (SSSR count). The maximum Gasteiger partial charge on any atom is 0.267 e. The Balaban J connectivity index is 2.41. The number of pyridine rings is 1. The largest absolute Gasteiger partial charge is 0.507 e. The minimum Gasteiger partial charge on any atom is -0.507 e. The lowest BCUT2D eigenvalue weighted by molar-refractivity contribution is 0.103. The average molecular weight is 249 g/mol. The molecule has 0 fully saturated rings. The van der Waals surface area contributed by atoms with Crippen LogP contribution in [0.15, 0.2) is 42.6 Å². The first-order chi connectivity index (χ1) is 8.59. The molecule has 1 aromatic heterocycles. The van der Waals surface area contributed by atoms with E-state index < -0.39 is 23.5 Å². The second kappa shape index (κ2) is 4.91. The lowest BCUT2D eigenvalue weighted by atomic mass is 10.0. The van der Waals surface area contributed by atoms with Crippen molar-refractivity contribution in [2.24, 2.45) is 0 Å². The maximum absolute atomic E-state index is 12.6. The zero-order chi connectivity index (χ0) is 13.1. The fourth-order valence-electron chi connectivity index (χ4n) is 1.52. The molecule has 0 atom stereocenters. The predicted molar refractivity (Wildman–Crippen MR) is 60.7 cm³/mol. The summed E-state index contributed by atoms with van der Waals surface area (Å²) in [4.78, 5) is 15.8. The Hall–Kier alpha value is -2.30. The highest BCUT2D eigenvalue weighted by molar-refractivity contribution is 6.07. The molecule has 3 nitrogen and oxygen atoms in total. The monoisotopic (exact) mass is 249 g/mol. The second-order valence-corrected chi connectivity index (χ2v) is 3.62. The van der Waals surface area contributed by atoms with Crippen molar-refractivity contribution in [2.45, 2.75) is 6.43 Å². The number of carbonyl (C=O) groups excluding carboxylic acids is 1. The van der Waals surface area contributed by atoms with Crippen LogP contribution in [0.5, 0.6) is 5.75 Å². The normalized spacial score (nSPS) is 10.6. The summed E-state index contributed by atoms with van der Waals surface area (Å²) in [6.07, 6.45) is -1.39. The van der Waals surface area contributed by atoms with Crippen molar-refractivity contribution in [3.05, 3.63) is 59.4 Å². The van der Waals surface area contributed by atoms with Gasteiger partial charge in [0.2, 0.25) is 5.78 Å². The Morgan fingerprint density at radius 1 is 1.22 bits per heavy atom. The van der Waals surface area contributed by atoms with Crippen LogP contribution in [-0.4, -0.2) is 15.9 Å². The van der Waals surface area contributed by atoms with Crippen molar-refractivity contribution in [3.8, 4) is 5.75 Å². The Morgan fingerprint density at radius 2 is 2.00 bits per heavy atom. The van der Waals surface area contributed by atoms with Crippen LogP contribution < -0.4 is 0 Å². The van der Waals surface area contributed by atoms with E-state index in [0.29, 0.717) is 0 Å². The lowest BCUT2D eigenvalue weighted by Crippen LogP contribution is -2.04. The number of alkyl halides is 2. The molecule has 2 aromatic rings. The molecule has 0 aliphatic carbocycles. The molecule has 0 unspecified atom stereocenters. The van der Waals surface area contributed by atoms with Crippen molar-refractivity contribution in [3.63, 3.8) is 0 Å². The molecule has 0 saturated carbocycles. The maximum atomic E-state index is 12.6. The summed E-state index contributed by atoms with van der Waals surface area (Å²) in [5, 5.41) is 9.25. The fourth-order valence-corrected chi connectivity index (χ4v) is 1.52. The molecule has 0 aliphatic heterocycles. The Bertz CT molecular complexity index is 570. The molecule has 5 heteroatoms. The van der Waals surface area contributed by atoms with Crippen LogP contribution in [-0.2, 0) is 0 Å². The van der Waals surface area contributed by atoms with Crippen LogP contribution in [0.25, 0.3) is 0 Å². The molecule has 92 valence electrons. The lowest BCUT2D eigenvalue weighted by Gasteiger charge is -2.06. The van der Waals surface area contributed by atoms with Gasteiger partial charge in [0.25, 0.3) is 6.43 Å². The van der Waals surface area contributed by atoms with Crippen molar-refractivity contribution >= 4 is 5.78 Å². The van der Waals surface area contributed by atoms with Gasteiger partial charge in [0.05, 0.1) is 5.56 Å². The Labute approximate surface area is 102 Å². The van der Waals surface area contributed by atoms with E-state index in [1.807, 2.05) is 0 Å². The van der Waals surface area contributed by atoms with Crippen LogP contribution >= 0.6 is 0 Å². The highest BCUT2D eigenvalue weighted by Crippen LogP contribution is 2.29. The summed E-state index contributed by atoms with van der Waals surface area (Å²) < 4.78 is 25.2. The Kier molecular flexibility index (Phi) is 3.32. The first-order valence-electron chi connectivity index (χ1n) is 5.16. The molecular formula is C13H9F2NO2. The number of hydrogen-bond donors (Lipinski definition) is 1. The van der Waals surface area contributed by atoms with Crippen LogP contribution in [0.1, 0.15) is 28.0 Å². The first-order valence-corrected chi connectivity index (χ1v) is 5.16. The van der Waals surface area contributed by atoms with Crippen molar-refractivity contribution in [1.29, 1.82) is 0 Å².